The Hall–Kier alpha value is -2.65. The van der Waals surface area contributed by atoms with Gasteiger partial charge >= 0.3 is 0 Å². The van der Waals surface area contributed by atoms with Gasteiger partial charge in [-0.15, -0.1) is 5.10 Å². The fourth-order valence-corrected chi connectivity index (χ4v) is 5.04. The number of hydrogen-bond acceptors (Lipinski definition) is 7. The number of carbonyl (C=O) groups excluding carboxylic acids is 1. The van der Waals surface area contributed by atoms with Gasteiger partial charge in [0.25, 0.3) is 0 Å². The Morgan fingerprint density at radius 3 is 2.97 bits per heavy atom. The van der Waals surface area contributed by atoms with Crippen LogP contribution in [0.4, 0.5) is 0 Å². The summed E-state index contributed by atoms with van der Waals surface area (Å²) in [4.78, 5) is 17.5. The van der Waals surface area contributed by atoms with Gasteiger partial charge in [0, 0.05) is 31.9 Å². The third-order valence-corrected chi connectivity index (χ3v) is 6.58. The third-order valence-electron chi connectivity index (χ3n) is 6.58. The van der Waals surface area contributed by atoms with Gasteiger partial charge in [-0.05, 0) is 57.1 Å². The molecule has 0 aliphatic carbocycles. The molecule has 6 rings (SSSR count). The molecular weight excluding hydrogens is 396 g/mol. The number of benzene rings is 1. The predicted octanol–water partition coefficient (Wildman–Crippen LogP) is 1.10. The maximum absolute atomic E-state index is 12.9. The van der Waals surface area contributed by atoms with E-state index in [4.69, 9.17) is 9.47 Å². The number of carbonyl (C=O) groups is 1. The van der Waals surface area contributed by atoms with Crippen LogP contribution in [0.5, 0.6) is 11.5 Å². The summed E-state index contributed by atoms with van der Waals surface area (Å²) in [6.45, 7) is 4.28. The van der Waals surface area contributed by atoms with Crippen molar-refractivity contribution in [3.8, 4) is 11.5 Å². The molecule has 9 nitrogen and oxygen atoms in total. The highest BCUT2D eigenvalue weighted by molar-refractivity contribution is 5.79. The van der Waals surface area contributed by atoms with Crippen molar-refractivity contribution in [2.24, 2.45) is 11.8 Å². The van der Waals surface area contributed by atoms with Crippen molar-refractivity contribution in [1.29, 1.82) is 0 Å². The van der Waals surface area contributed by atoms with Crippen LogP contribution in [0.3, 0.4) is 0 Å². The van der Waals surface area contributed by atoms with Gasteiger partial charge in [-0.1, -0.05) is 11.3 Å². The van der Waals surface area contributed by atoms with Crippen molar-refractivity contribution in [2.45, 2.75) is 38.5 Å². The third kappa shape index (κ3) is 4.38. The lowest BCUT2D eigenvalue weighted by Crippen LogP contribution is -2.58. The van der Waals surface area contributed by atoms with Crippen molar-refractivity contribution in [1.82, 2.24) is 30.1 Å². The average Bonchev–Trinajstić information content (AvgIpc) is 3.40. The topological polar surface area (TPSA) is 84.8 Å². The number of rotatable bonds is 7. The molecule has 4 aliphatic heterocycles. The molecule has 1 amide bonds. The van der Waals surface area contributed by atoms with Crippen LogP contribution in [0.25, 0.3) is 0 Å². The smallest absolute Gasteiger partial charge is 0.231 e. The SMILES string of the molecule is CN(C)Cc1cn(C[C@H]2C[C@H]3CCN2C[C@@H]3C(=O)NCc2ccc3c(c2)OCO3)nn1. The zero-order valence-electron chi connectivity index (χ0n) is 18.2. The van der Waals surface area contributed by atoms with Crippen molar-refractivity contribution in [3.63, 3.8) is 0 Å². The van der Waals surface area contributed by atoms with E-state index in [2.05, 4.69) is 25.4 Å². The Labute approximate surface area is 182 Å². The summed E-state index contributed by atoms with van der Waals surface area (Å²) in [5.41, 5.74) is 2.01. The number of nitrogens with zero attached hydrogens (tertiary/aromatic N) is 5. The summed E-state index contributed by atoms with van der Waals surface area (Å²) < 4.78 is 12.7. The molecule has 3 saturated heterocycles. The Kier molecular flexibility index (Phi) is 5.54. The van der Waals surface area contributed by atoms with Crippen molar-refractivity contribution in [2.75, 3.05) is 34.0 Å². The highest BCUT2D eigenvalue weighted by Gasteiger charge is 2.43. The molecule has 31 heavy (non-hydrogen) atoms. The standard InChI is InChI=1S/C22H30N6O3/c1-26(2)10-17-11-28(25-24-17)12-18-8-16-5-6-27(18)13-19(16)22(29)23-9-15-3-4-20-21(7-15)31-14-30-20/h3-4,7,11,16,18-19H,5-6,8-10,12-14H2,1-2H3,(H,23,29)/t16-,18-,19+/m1/s1. The fraction of sp³-hybridized carbons (Fsp3) is 0.591. The molecule has 4 aliphatic rings. The molecule has 9 heteroatoms. The van der Waals surface area contributed by atoms with E-state index in [1.807, 2.05) is 43.2 Å². The monoisotopic (exact) mass is 426 g/mol. The summed E-state index contributed by atoms with van der Waals surface area (Å²) in [6.07, 6.45) is 4.16. The van der Waals surface area contributed by atoms with Crippen molar-refractivity contribution < 1.29 is 14.3 Å². The van der Waals surface area contributed by atoms with E-state index in [9.17, 15) is 4.79 Å². The second-order valence-corrected chi connectivity index (χ2v) is 9.11. The first-order chi connectivity index (χ1) is 15.0. The maximum atomic E-state index is 12.9. The lowest BCUT2D eigenvalue weighted by Gasteiger charge is -2.49. The Morgan fingerprint density at radius 1 is 1.29 bits per heavy atom. The van der Waals surface area contributed by atoms with Gasteiger partial charge in [0.05, 0.1) is 18.2 Å². The zero-order chi connectivity index (χ0) is 21.4. The minimum Gasteiger partial charge on any atom is -0.454 e. The van der Waals surface area contributed by atoms with E-state index in [1.165, 1.54) is 0 Å². The van der Waals surface area contributed by atoms with E-state index < -0.39 is 0 Å². The Morgan fingerprint density at radius 2 is 2.16 bits per heavy atom. The van der Waals surface area contributed by atoms with Crippen LogP contribution < -0.4 is 14.8 Å². The van der Waals surface area contributed by atoms with Crippen LogP contribution in [-0.2, 0) is 24.4 Å². The minimum atomic E-state index is 0.0547. The van der Waals surface area contributed by atoms with Gasteiger partial charge in [-0.2, -0.15) is 0 Å². The normalized spacial score (nSPS) is 26.4. The number of amides is 1. The van der Waals surface area contributed by atoms with Crippen LogP contribution in [0.15, 0.2) is 24.4 Å². The van der Waals surface area contributed by atoms with Gasteiger partial charge in [-0.25, -0.2) is 0 Å². The molecule has 4 atom stereocenters. The van der Waals surface area contributed by atoms with Crippen LogP contribution in [0, 0.1) is 11.8 Å². The predicted molar refractivity (Wildman–Crippen MR) is 113 cm³/mol. The minimum absolute atomic E-state index is 0.0547. The van der Waals surface area contributed by atoms with E-state index in [0.29, 0.717) is 18.5 Å². The largest absolute Gasteiger partial charge is 0.454 e. The number of piperidine rings is 3. The summed E-state index contributed by atoms with van der Waals surface area (Å²) in [5, 5.41) is 11.7. The van der Waals surface area contributed by atoms with Crippen LogP contribution in [-0.4, -0.2) is 70.7 Å². The van der Waals surface area contributed by atoms with Gasteiger partial charge in [0.2, 0.25) is 12.7 Å². The van der Waals surface area contributed by atoms with Crippen molar-refractivity contribution in [3.05, 3.63) is 35.7 Å². The second-order valence-electron chi connectivity index (χ2n) is 9.11. The molecule has 5 heterocycles. The highest BCUT2D eigenvalue weighted by atomic mass is 16.7. The van der Waals surface area contributed by atoms with Crippen molar-refractivity contribution >= 4 is 5.91 Å². The summed E-state index contributed by atoms with van der Waals surface area (Å²) in [5.74, 6) is 2.15. The van der Waals surface area contributed by atoms with Crippen LogP contribution in [0.2, 0.25) is 0 Å². The van der Waals surface area contributed by atoms with Gasteiger partial charge in [0.1, 0.15) is 0 Å². The quantitative estimate of drug-likeness (QED) is 0.710. The van der Waals surface area contributed by atoms with Crippen LogP contribution >= 0.6 is 0 Å². The maximum Gasteiger partial charge on any atom is 0.231 e. The Bertz CT molecular complexity index is 945. The molecule has 0 radical (unpaired) electrons. The fourth-order valence-electron chi connectivity index (χ4n) is 5.04. The molecule has 0 spiro atoms. The molecule has 1 aromatic heterocycles. The molecule has 0 saturated carbocycles. The molecule has 1 aromatic carbocycles. The zero-order valence-corrected chi connectivity index (χ0v) is 18.2. The molecule has 3 fully saturated rings. The summed E-state index contributed by atoms with van der Waals surface area (Å²) >= 11 is 0. The van der Waals surface area contributed by atoms with Gasteiger partial charge in [-0.3, -0.25) is 14.4 Å². The number of fused-ring (bicyclic) bond motifs is 4. The molecule has 1 unspecified atom stereocenters. The first-order valence-electron chi connectivity index (χ1n) is 11.0. The first kappa shape index (κ1) is 20.3. The molecule has 2 bridgehead atoms. The van der Waals surface area contributed by atoms with E-state index >= 15 is 0 Å². The molecular formula is C22H30N6O3. The molecule has 2 aromatic rings. The average molecular weight is 427 g/mol. The van der Waals surface area contributed by atoms with E-state index in [0.717, 1.165) is 61.8 Å². The molecule has 166 valence electrons. The van der Waals surface area contributed by atoms with Gasteiger partial charge < -0.3 is 19.7 Å². The Balaban J connectivity index is 1.15. The van der Waals surface area contributed by atoms with E-state index in [-0.39, 0.29) is 18.6 Å². The lowest BCUT2D eigenvalue weighted by molar-refractivity contribution is -0.133. The summed E-state index contributed by atoms with van der Waals surface area (Å²) in [6, 6.07) is 6.24. The highest BCUT2D eigenvalue weighted by Crippen LogP contribution is 2.37. The van der Waals surface area contributed by atoms with Crippen LogP contribution in [0.1, 0.15) is 24.1 Å². The number of aromatic nitrogens is 3. The number of ether oxygens (including phenoxy) is 2. The second kappa shape index (κ2) is 8.47. The van der Waals surface area contributed by atoms with E-state index in [1.54, 1.807) is 0 Å². The molecule has 1 N–H and O–H groups in total. The van der Waals surface area contributed by atoms with Gasteiger partial charge in [0.15, 0.2) is 11.5 Å². The number of nitrogens with one attached hydrogen (secondary N) is 1. The lowest BCUT2D eigenvalue weighted by atomic mass is 9.75. The summed E-state index contributed by atoms with van der Waals surface area (Å²) in [7, 11) is 4.06. The first-order valence-corrected chi connectivity index (χ1v) is 11.0. The number of hydrogen-bond donors (Lipinski definition) is 1.